The summed E-state index contributed by atoms with van der Waals surface area (Å²) in [7, 11) is 0. The molecule has 0 radical (unpaired) electrons. The predicted octanol–water partition coefficient (Wildman–Crippen LogP) is 3.43. The van der Waals surface area contributed by atoms with E-state index in [0.717, 1.165) is 10.4 Å². The molecule has 2 aromatic rings. The molecule has 0 bridgehead atoms. The van der Waals surface area contributed by atoms with Crippen LogP contribution in [0.3, 0.4) is 0 Å². The molecule has 0 atom stereocenters. The van der Waals surface area contributed by atoms with Gasteiger partial charge in [0, 0.05) is 4.88 Å². The fourth-order valence-electron chi connectivity index (χ4n) is 1.42. The van der Waals surface area contributed by atoms with Crippen molar-refractivity contribution in [2.24, 2.45) is 0 Å². The van der Waals surface area contributed by atoms with Crippen LogP contribution in [0.4, 0.5) is 5.69 Å². The van der Waals surface area contributed by atoms with Gasteiger partial charge in [0.2, 0.25) is 5.76 Å². The lowest BCUT2D eigenvalue weighted by Gasteiger charge is -1.89. The Kier molecular flexibility index (Phi) is 3.06. The molecule has 0 N–H and O–H groups in total. The van der Waals surface area contributed by atoms with E-state index in [1.165, 1.54) is 0 Å². The first-order valence-electron chi connectivity index (χ1n) is 4.92. The van der Waals surface area contributed by atoms with E-state index in [4.69, 9.17) is 4.52 Å². The maximum Gasteiger partial charge on any atom is 0.338 e. The highest BCUT2D eigenvalue weighted by Gasteiger charge is 2.21. The van der Waals surface area contributed by atoms with Crippen molar-refractivity contribution in [2.75, 3.05) is 0 Å². The van der Waals surface area contributed by atoms with Crippen LogP contribution in [0.15, 0.2) is 16.0 Å². The van der Waals surface area contributed by atoms with Crippen molar-refractivity contribution < 1.29 is 9.45 Å². The average molecular weight is 250 g/mol. The molecule has 0 fully saturated rings. The van der Waals surface area contributed by atoms with Crippen LogP contribution >= 0.6 is 11.3 Å². The molecule has 2 aromatic heterocycles. The number of hydrogen-bond donors (Lipinski definition) is 0. The summed E-state index contributed by atoms with van der Waals surface area (Å²) in [5, 5.41) is 16.4. The second-order valence-electron chi connectivity index (χ2n) is 3.54. The first-order valence-corrected chi connectivity index (χ1v) is 5.80. The lowest BCUT2D eigenvalue weighted by Crippen LogP contribution is -1.90. The molecule has 0 unspecified atom stereocenters. The standard InChI is InChI=1S/C11H10N2O3S/c1-7-5-6-17-10(7)4-3-9-11(13(14)15)8(2)12-16-9/h3-6H,1-2H3. The van der Waals surface area contributed by atoms with Crippen LogP contribution in [-0.4, -0.2) is 10.1 Å². The molecule has 0 spiro atoms. The van der Waals surface area contributed by atoms with Gasteiger partial charge in [0.15, 0.2) is 5.69 Å². The summed E-state index contributed by atoms with van der Waals surface area (Å²) in [6.45, 7) is 3.53. The summed E-state index contributed by atoms with van der Waals surface area (Å²) < 4.78 is 4.92. The molecule has 6 heteroatoms. The van der Waals surface area contributed by atoms with E-state index >= 15 is 0 Å². The summed E-state index contributed by atoms with van der Waals surface area (Å²) in [6.07, 6.45) is 3.38. The Morgan fingerprint density at radius 2 is 2.24 bits per heavy atom. The molecular formula is C11H10N2O3S. The molecule has 2 rings (SSSR count). The van der Waals surface area contributed by atoms with Gasteiger partial charge in [-0.3, -0.25) is 10.1 Å². The number of nitro groups is 1. The third-order valence-corrected chi connectivity index (χ3v) is 3.31. The van der Waals surface area contributed by atoms with Crippen LogP contribution in [0.2, 0.25) is 0 Å². The zero-order valence-corrected chi connectivity index (χ0v) is 10.2. The summed E-state index contributed by atoms with van der Waals surface area (Å²) in [4.78, 5) is 11.4. The lowest BCUT2D eigenvalue weighted by molar-refractivity contribution is -0.386. The van der Waals surface area contributed by atoms with Gasteiger partial charge in [0.1, 0.15) is 0 Å². The molecule has 0 aliphatic heterocycles. The molecular weight excluding hydrogens is 240 g/mol. The molecule has 0 saturated carbocycles. The maximum atomic E-state index is 10.8. The molecule has 88 valence electrons. The van der Waals surface area contributed by atoms with E-state index in [1.807, 2.05) is 18.4 Å². The van der Waals surface area contributed by atoms with E-state index in [-0.39, 0.29) is 17.1 Å². The van der Waals surface area contributed by atoms with E-state index in [1.54, 1.807) is 30.4 Å². The molecule has 5 nitrogen and oxygen atoms in total. The zero-order valence-electron chi connectivity index (χ0n) is 9.34. The lowest BCUT2D eigenvalue weighted by atomic mass is 10.2. The van der Waals surface area contributed by atoms with Crippen molar-refractivity contribution in [3.05, 3.63) is 43.5 Å². The van der Waals surface area contributed by atoms with Crippen molar-refractivity contribution in [2.45, 2.75) is 13.8 Å². The van der Waals surface area contributed by atoms with Crippen molar-refractivity contribution in [1.29, 1.82) is 0 Å². The SMILES string of the molecule is Cc1ccsc1C=Cc1onc(C)c1[N+](=O)[O-]. The van der Waals surface area contributed by atoms with Gasteiger partial charge in [-0.15, -0.1) is 11.3 Å². The number of hydrogen-bond acceptors (Lipinski definition) is 5. The fraction of sp³-hybridized carbons (Fsp3) is 0.182. The molecule has 2 heterocycles. The van der Waals surface area contributed by atoms with Crippen molar-refractivity contribution in [1.82, 2.24) is 5.16 Å². The summed E-state index contributed by atoms with van der Waals surface area (Å²) in [5.41, 5.74) is 1.35. The van der Waals surface area contributed by atoms with Crippen molar-refractivity contribution >= 4 is 29.2 Å². The molecule has 0 aliphatic carbocycles. The third-order valence-electron chi connectivity index (χ3n) is 2.33. The third kappa shape index (κ3) is 2.26. The van der Waals surface area contributed by atoms with Crippen LogP contribution in [-0.2, 0) is 0 Å². The van der Waals surface area contributed by atoms with E-state index in [2.05, 4.69) is 5.16 Å². The predicted molar refractivity (Wildman–Crippen MR) is 65.9 cm³/mol. The van der Waals surface area contributed by atoms with Crippen molar-refractivity contribution in [3.8, 4) is 0 Å². The normalized spacial score (nSPS) is 11.2. The largest absolute Gasteiger partial charge is 0.349 e. The monoisotopic (exact) mass is 250 g/mol. The highest BCUT2D eigenvalue weighted by atomic mass is 32.1. The fourth-order valence-corrected chi connectivity index (χ4v) is 2.24. The number of aryl methyl sites for hydroxylation is 2. The van der Waals surface area contributed by atoms with E-state index in [9.17, 15) is 10.1 Å². The van der Waals surface area contributed by atoms with Crippen LogP contribution in [0.25, 0.3) is 12.2 Å². The molecule has 17 heavy (non-hydrogen) atoms. The quantitative estimate of drug-likeness (QED) is 0.618. The number of nitrogens with zero attached hydrogens (tertiary/aromatic N) is 2. The van der Waals surface area contributed by atoms with Gasteiger partial charge in [-0.2, -0.15) is 0 Å². The molecule has 0 amide bonds. The van der Waals surface area contributed by atoms with Gasteiger partial charge in [-0.1, -0.05) is 5.16 Å². The van der Waals surface area contributed by atoms with Crippen LogP contribution in [0, 0.1) is 24.0 Å². The van der Waals surface area contributed by atoms with Gasteiger partial charge >= 0.3 is 5.69 Å². The Morgan fingerprint density at radius 1 is 1.47 bits per heavy atom. The second kappa shape index (κ2) is 4.50. The van der Waals surface area contributed by atoms with Gasteiger partial charge in [0.25, 0.3) is 0 Å². The number of thiophene rings is 1. The second-order valence-corrected chi connectivity index (χ2v) is 4.49. The smallest absolute Gasteiger partial charge is 0.338 e. The van der Waals surface area contributed by atoms with Gasteiger partial charge in [-0.05, 0) is 43.0 Å². The number of aromatic nitrogens is 1. The first-order chi connectivity index (χ1) is 8.09. The zero-order chi connectivity index (χ0) is 12.4. The summed E-state index contributed by atoms with van der Waals surface area (Å²) in [6, 6.07) is 1.99. The topological polar surface area (TPSA) is 69.2 Å². The summed E-state index contributed by atoms with van der Waals surface area (Å²) >= 11 is 1.57. The van der Waals surface area contributed by atoms with E-state index in [0.29, 0.717) is 0 Å². The number of rotatable bonds is 3. The maximum absolute atomic E-state index is 10.8. The Balaban J connectivity index is 2.34. The van der Waals surface area contributed by atoms with E-state index < -0.39 is 4.92 Å². The average Bonchev–Trinajstić information content (AvgIpc) is 2.82. The minimum absolute atomic E-state index is 0.0736. The van der Waals surface area contributed by atoms with Crippen LogP contribution in [0.1, 0.15) is 21.9 Å². The Morgan fingerprint density at radius 3 is 2.82 bits per heavy atom. The summed E-state index contributed by atoms with van der Waals surface area (Å²) in [5.74, 6) is 0.181. The van der Waals surface area contributed by atoms with Gasteiger partial charge in [-0.25, -0.2) is 0 Å². The Bertz CT molecular complexity index is 583. The molecule has 0 saturated heterocycles. The highest BCUT2D eigenvalue weighted by Crippen LogP contribution is 2.26. The Hall–Kier alpha value is -1.95. The molecule has 0 aliphatic rings. The highest BCUT2D eigenvalue weighted by molar-refractivity contribution is 7.11. The molecule has 0 aromatic carbocycles. The first kappa shape index (κ1) is 11.5. The van der Waals surface area contributed by atoms with Crippen molar-refractivity contribution in [3.63, 3.8) is 0 Å². The minimum Gasteiger partial charge on any atom is -0.349 e. The van der Waals surface area contributed by atoms with Crippen LogP contribution in [0.5, 0.6) is 0 Å². The van der Waals surface area contributed by atoms with Gasteiger partial charge in [0.05, 0.1) is 4.92 Å². The minimum atomic E-state index is -0.479. The van der Waals surface area contributed by atoms with Crippen LogP contribution < -0.4 is 0 Å². The Labute approximate surface area is 102 Å². The van der Waals surface area contributed by atoms with Gasteiger partial charge < -0.3 is 4.52 Å².